The number of terminal acetylenes is 1. The minimum atomic E-state index is 0.480. The van der Waals surface area contributed by atoms with E-state index < -0.39 is 0 Å². The van der Waals surface area contributed by atoms with Gasteiger partial charge in [-0.05, 0) is 25.7 Å². The molecule has 0 aliphatic heterocycles. The van der Waals surface area contributed by atoms with Gasteiger partial charge in [0.15, 0.2) is 0 Å². The second-order valence-electron chi connectivity index (χ2n) is 3.29. The highest BCUT2D eigenvalue weighted by atomic mass is 16.5. The van der Waals surface area contributed by atoms with E-state index >= 15 is 0 Å². The second kappa shape index (κ2) is 5.18. The van der Waals surface area contributed by atoms with Gasteiger partial charge in [-0.15, -0.1) is 6.42 Å². The molecular weight excluding hydrogens is 150 g/mol. The van der Waals surface area contributed by atoms with Gasteiger partial charge in [0.2, 0.25) is 0 Å². The van der Waals surface area contributed by atoms with E-state index in [4.69, 9.17) is 11.2 Å². The lowest BCUT2D eigenvalue weighted by molar-refractivity contribution is 0.0630. The van der Waals surface area contributed by atoms with Crippen LogP contribution in [0.15, 0.2) is 0 Å². The first-order chi connectivity index (χ1) is 5.86. The maximum Gasteiger partial charge on any atom is 0.0575 e. The van der Waals surface area contributed by atoms with Crippen molar-refractivity contribution < 1.29 is 4.74 Å². The molecule has 0 heterocycles. The summed E-state index contributed by atoms with van der Waals surface area (Å²) in [4.78, 5) is 0. The zero-order valence-electron chi connectivity index (χ0n) is 7.68. The molecule has 0 bridgehead atoms. The molecule has 0 amide bonds. The third kappa shape index (κ3) is 2.84. The largest absolute Gasteiger partial charge is 0.381 e. The van der Waals surface area contributed by atoms with Gasteiger partial charge in [-0.2, -0.15) is 0 Å². The van der Waals surface area contributed by atoms with Gasteiger partial charge in [-0.3, -0.25) is 0 Å². The summed E-state index contributed by atoms with van der Waals surface area (Å²) in [6.45, 7) is 0.697. The lowest BCUT2D eigenvalue weighted by atomic mass is 9.93. The van der Waals surface area contributed by atoms with E-state index in [0.717, 1.165) is 0 Å². The Morgan fingerprint density at radius 3 is 2.58 bits per heavy atom. The molecule has 1 N–H and O–H groups in total. The molecule has 0 aromatic heterocycles. The van der Waals surface area contributed by atoms with Gasteiger partial charge in [0, 0.05) is 13.2 Å². The SMILES string of the molecule is C#CCNC1CCC(OC)CC1. The molecule has 0 unspecified atom stereocenters. The van der Waals surface area contributed by atoms with E-state index in [1.54, 1.807) is 7.11 Å². The van der Waals surface area contributed by atoms with E-state index in [1.807, 2.05) is 0 Å². The van der Waals surface area contributed by atoms with Crippen molar-refractivity contribution in [2.45, 2.75) is 37.8 Å². The van der Waals surface area contributed by atoms with Gasteiger partial charge in [-0.25, -0.2) is 0 Å². The maximum absolute atomic E-state index is 5.28. The van der Waals surface area contributed by atoms with Crippen LogP contribution in [0, 0.1) is 12.3 Å². The number of rotatable bonds is 3. The standard InChI is InChI=1S/C10H17NO/c1-3-8-11-9-4-6-10(12-2)7-5-9/h1,9-11H,4-8H2,2H3. The number of nitrogens with one attached hydrogen (secondary N) is 1. The molecule has 0 radical (unpaired) electrons. The molecule has 1 aliphatic rings. The summed E-state index contributed by atoms with van der Waals surface area (Å²) in [6.07, 6.45) is 10.4. The summed E-state index contributed by atoms with van der Waals surface area (Å²) in [7, 11) is 1.79. The number of methoxy groups -OCH3 is 1. The zero-order chi connectivity index (χ0) is 8.81. The van der Waals surface area contributed by atoms with Crippen molar-refractivity contribution in [1.82, 2.24) is 5.32 Å². The van der Waals surface area contributed by atoms with Crippen LogP contribution in [0.25, 0.3) is 0 Å². The van der Waals surface area contributed by atoms with Gasteiger partial charge in [-0.1, -0.05) is 5.92 Å². The summed E-state index contributed by atoms with van der Waals surface area (Å²) in [5.74, 6) is 2.60. The lowest BCUT2D eigenvalue weighted by Gasteiger charge is -2.27. The highest BCUT2D eigenvalue weighted by Crippen LogP contribution is 2.20. The Balaban J connectivity index is 2.14. The van der Waals surface area contributed by atoms with Crippen molar-refractivity contribution in [3.8, 4) is 12.3 Å². The minimum Gasteiger partial charge on any atom is -0.381 e. The van der Waals surface area contributed by atoms with E-state index in [9.17, 15) is 0 Å². The van der Waals surface area contributed by atoms with Crippen molar-refractivity contribution in [3.63, 3.8) is 0 Å². The van der Waals surface area contributed by atoms with Gasteiger partial charge >= 0.3 is 0 Å². The first-order valence-electron chi connectivity index (χ1n) is 4.56. The fourth-order valence-corrected chi connectivity index (χ4v) is 1.71. The van der Waals surface area contributed by atoms with Crippen LogP contribution in [0.1, 0.15) is 25.7 Å². The molecule has 12 heavy (non-hydrogen) atoms. The second-order valence-corrected chi connectivity index (χ2v) is 3.29. The van der Waals surface area contributed by atoms with Crippen LogP contribution in [0.4, 0.5) is 0 Å². The van der Waals surface area contributed by atoms with Crippen LogP contribution in [-0.2, 0) is 4.74 Å². The highest BCUT2D eigenvalue weighted by Gasteiger charge is 2.19. The van der Waals surface area contributed by atoms with Crippen LogP contribution < -0.4 is 5.32 Å². The Hall–Kier alpha value is -0.520. The normalized spacial score (nSPS) is 29.7. The highest BCUT2D eigenvalue weighted by molar-refractivity contribution is 4.89. The molecule has 0 saturated heterocycles. The van der Waals surface area contributed by atoms with Crippen molar-refractivity contribution in [2.75, 3.05) is 13.7 Å². The quantitative estimate of drug-likeness (QED) is 0.637. The fraction of sp³-hybridized carbons (Fsp3) is 0.800. The Morgan fingerprint density at radius 2 is 2.08 bits per heavy atom. The van der Waals surface area contributed by atoms with Crippen LogP contribution in [0.2, 0.25) is 0 Å². The molecule has 2 heteroatoms. The summed E-state index contributed by atoms with van der Waals surface area (Å²) in [6, 6.07) is 0.618. The number of hydrogen-bond acceptors (Lipinski definition) is 2. The average Bonchev–Trinajstić information content (AvgIpc) is 2.15. The van der Waals surface area contributed by atoms with Crippen molar-refractivity contribution in [3.05, 3.63) is 0 Å². The van der Waals surface area contributed by atoms with Crippen molar-refractivity contribution in [2.24, 2.45) is 0 Å². The van der Waals surface area contributed by atoms with Gasteiger partial charge in [0.1, 0.15) is 0 Å². The van der Waals surface area contributed by atoms with Gasteiger partial charge in [0.25, 0.3) is 0 Å². The Kier molecular flexibility index (Phi) is 4.13. The summed E-state index contributed by atoms with van der Waals surface area (Å²) in [5, 5.41) is 3.32. The molecule has 1 rings (SSSR count). The monoisotopic (exact) mass is 167 g/mol. The minimum absolute atomic E-state index is 0.480. The predicted molar refractivity (Wildman–Crippen MR) is 49.9 cm³/mol. The first kappa shape index (κ1) is 9.57. The molecule has 0 spiro atoms. The van der Waals surface area contributed by atoms with E-state index in [1.165, 1.54) is 25.7 Å². The van der Waals surface area contributed by atoms with E-state index in [0.29, 0.717) is 18.7 Å². The molecule has 68 valence electrons. The summed E-state index contributed by atoms with van der Waals surface area (Å²) < 4.78 is 5.28. The third-order valence-electron chi connectivity index (χ3n) is 2.50. The maximum atomic E-state index is 5.28. The molecule has 1 aliphatic carbocycles. The van der Waals surface area contributed by atoms with Gasteiger partial charge in [0.05, 0.1) is 12.6 Å². The molecule has 2 nitrogen and oxygen atoms in total. The van der Waals surface area contributed by atoms with E-state index in [2.05, 4.69) is 11.2 Å². The van der Waals surface area contributed by atoms with Crippen molar-refractivity contribution >= 4 is 0 Å². The van der Waals surface area contributed by atoms with Crippen LogP contribution in [0.3, 0.4) is 0 Å². The first-order valence-corrected chi connectivity index (χ1v) is 4.56. The Morgan fingerprint density at radius 1 is 1.42 bits per heavy atom. The topological polar surface area (TPSA) is 21.3 Å². The lowest BCUT2D eigenvalue weighted by Crippen LogP contribution is -2.35. The van der Waals surface area contributed by atoms with E-state index in [-0.39, 0.29) is 0 Å². The zero-order valence-corrected chi connectivity index (χ0v) is 7.68. The predicted octanol–water partition coefficient (Wildman–Crippen LogP) is 1.17. The number of ether oxygens (including phenoxy) is 1. The Bertz CT molecular complexity index is 154. The van der Waals surface area contributed by atoms with Gasteiger partial charge < -0.3 is 10.1 Å². The smallest absolute Gasteiger partial charge is 0.0575 e. The van der Waals surface area contributed by atoms with Crippen LogP contribution in [-0.4, -0.2) is 25.8 Å². The van der Waals surface area contributed by atoms with Crippen LogP contribution >= 0.6 is 0 Å². The molecule has 1 fully saturated rings. The molecule has 0 atom stereocenters. The molecule has 0 aromatic carbocycles. The van der Waals surface area contributed by atoms with Crippen LogP contribution in [0.5, 0.6) is 0 Å². The summed E-state index contributed by atoms with van der Waals surface area (Å²) in [5.41, 5.74) is 0. The molecule has 1 saturated carbocycles. The average molecular weight is 167 g/mol. The number of hydrogen-bond donors (Lipinski definition) is 1. The molecule has 0 aromatic rings. The third-order valence-corrected chi connectivity index (χ3v) is 2.50. The Labute approximate surface area is 74.7 Å². The van der Waals surface area contributed by atoms with Crippen molar-refractivity contribution in [1.29, 1.82) is 0 Å². The fourth-order valence-electron chi connectivity index (χ4n) is 1.71. The summed E-state index contributed by atoms with van der Waals surface area (Å²) >= 11 is 0. The molecular formula is C10H17NO.